The van der Waals surface area contributed by atoms with Crippen LogP contribution in [0.25, 0.3) is 11.4 Å². The lowest BCUT2D eigenvalue weighted by atomic mass is 10.1. The van der Waals surface area contributed by atoms with E-state index in [0.29, 0.717) is 28.8 Å². The molecule has 1 heterocycles. The molecule has 0 aliphatic rings. The summed E-state index contributed by atoms with van der Waals surface area (Å²) in [6.45, 7) is 2.11. The third-order valence-corrected chi connectivity index (χ3v) is 3.70. The maximum Gasteiger partial charge on any atom is 0.251 e. The number of hydrogen-bond acceptors (Lipinski definition) is 4. The van der Waals surface area contributed by atoms with Crippen molar-refractivity contribution < 1.29 is 9.32 Å². The molecule has 0 fully saturated rings. The second kappa shape index (κ2) is 6.62. The van der Waals surface area contributed by atoms with Crippen LogP contribution in [0.5, 0.6) is 0 Å². The molecule has 0 spiro atoms. The van der Waals surface area contributed by atoms with Gasteiger partial charge in [0.15, 0.2) is 0 Å². The van der Waals surface area contributed by atoms with Crippen LogP contribution in [-0.2, 0) is 6.54 Å². The number of halogens is 1. The van der Waals surface area contributed by atoms with Crippen LogP contribution in [0.15, 0.2) is 53.1 Å². The molecule has 0 atom stereocenters. The molecule has 3 aromatic rings. The smallest absolute Gasteiger partial charge is 0.251 e. The van der Waals surface area contributed by atoms with Gasteiger partial charge in [-0.25, -0.2) is 0 Å². The number of nitrogens with zero attached hydrogens (tertiary/aromatic N) is 2. The van der Waals surface area contributed by atoms with Crippen LogP contribution in [0, 0.1) is 6.92 Å². The Labute approximate surface area is 138 Å². The van der Waals surface area contributed by atoms with Crippen molar-refractivity contribution in [3.05, 3.63) is 70.6 Å². The van der Waals surface area contributed by atoms with Gasteiger partial charge in [0.25, 0.3) is 5.91 Å². The lowest BCUT2D eigenvalue weighted by molar-refractivity contribution is 0.0951. The van der Waals surface area contributed by atoms with E-state index in [1.165, 1.54) is 0 Å². The summed E-state index contributed by atoms with van der Waals surface area (Å²) in [6, 6.07) is 14.4. The Kier molecular flexibility index (Phi) is 4.39. The van der Waals surface area contributed by atoms with E-state index in [0.717, 1.165) is 11.1 Å². The Morgan fingerprint density at radius 1 is 1.17 bits per heavy atom. The van der Waals surface area contributed by atoms with Crippen LogP contribution in [-0.4, -0.2) is 16.0 Å². The van der Waals surface area contributed by atoms with Crippen molar-refractivity contribution in [2.24, 2.45) is 0 Å². The minimum atomic E-state index is -0.166. The fraction of sp³-hybridized carbons (Fsp3) is 0.118. The first-order chi connectivity index (χ1) is 11.1. The maximum absolute atomic E-state index is 12.2. The van der Waals surface area contributed by atoms with Gasteiger partial charge in [0.05, 0.1) is 0 Å². The zero-order valence-corrected chi connectivity index (χ0v) is 13.2. The molecule has 0 saturated heterocycles. The highest BCUT2D eigenvalue weighted by Gasteiger charge is 2.09. The molecule has 0 bridgehead atoms. The van der Waals surface area contributed by atoms with Crippen molar-refractivity contribution in [3.8, 4) is 11.4 Å². The van der Waals surface area contributed by atoms with Crippen molar-refractivity contribution in [1.82, 2.24) is 15.5 Å². The lowest BCUT2D eigenvalue weighted by Gasteiger charge is -2.07. The second-order valence-electron chi connectivity index (χ2n) is 4.99. The number of rotatable bonds is 4. The van der Waals surface area contributed by atoms with E-state index in [-0.39, 0.29) is 5.91 Å². The topological polar surface area (TPSA) is 68.0 Å². The molecule has 0 radical (unpaired) electrons. The molecule has 1 aromatic heterocycles. The third kappa shape index (κ3) is 3.57. The Bertz CT molecular complexity index is 828. The Balaban J connectivity index is 1.67. The summed E-state index contributed by atoms with van der Waals surface area (Å²) in [6.07, 6.45) is 0. The average Bonchev–Trinajstić information content (AvgIpc) is 3.00. The van der Waals surface area contributed by atoms with Gasteiger partial charge in [0.2, 0.25) is 11.7 Å². The molecule has 2 aromatic carbocycles. The van der Waals surface area contributed by atoms with E-state index >= 15 is 0 Å². The minimum Gasteiger partial charge on any atom is -0.348 e. The highest BCUT2D eigenvalue weighted by Crippen LogP contribution is 2.17. The van der Waals surface area contributed by atoms with E-state index in [1.807, 2.05) is 18.2 Å². The summed E-state index contributed by atoms with van der Waals surface area (Å²) in [5.41, 5.74) is 2.23. The summed E-state index contributed by atoms with van der Waals surface area (Å²) >= 11 is 6.07. The predicted octanol–water partition coefficient (Wildman–Crippen LogP) is 3.63. The summed E-state index contributed by atoms with van der Waals surface area (Å²) in [4.78, 5) is 16.3. The highest BCUT2D eigenvalue weighted by molar-refractivity contribution is 6.31. The molecule has 5 nitrogen and oxygen atoms in total. The minimum absolute atomic E-state index is 0.166. The summed E-state index contributed by atoms with van der Waals surface area (Å²) in [5, 5.41) is 7.33. The monoisotopic (exact) mass is 327 g/mol. The largest absolute Gasteiger partial charge is 0.348 e. The second-order valence-corrected chi connectivity index (χ2v) is 5.40. The van der Waals surface area contributed by atoms with Crippen LogP contribution < -0.4 is 5.32 Å². The Morgan fingerprint density at radius 2 is 1.91 bits per heavy atom. The molecule has 6 heteroatoms. The van der Waals surface area contributed by atoms with E-state index in [1.54, 1.807) is 37.3 Å². The third-order valence-electron chi connectivity index (χ3n) is 3.33. The van der Waals surface area contributed by atoms with Gasteiger partial charge in [-0.1, -0.05) is 47.1 Å². The molecular weight excluding hydrogens is 314 g/mol. The predicted molar refractivity (Wildman–Crippen MR) is 87.1 cm³/mol. The van der Waals surface area contributed by atoms with E-state index < -0.39 is 0 Å². The summed E-state index contributed by atoms with van der Waals surface area (Å²) in [5.74, 6) is 0.841. The quantitative estimate of drug-likeness (QED) is 0.794. The molecule has 0 aliphatic heterocycles. The molecular formula is C17H14ClN3O2. The molecule has 3 rings (SSSR count). The van der Waals surface area contributed by atoms with Gasteiger partial charge >= 0.3 is 0 Å². The molecule has 0 unspecified atom stereocenters. The van der Waals surface area contributed by atoms with Crippen LogP contribution in [0.4, 0.5) is 0 Å². The van der Waals surface area contributed by atoms with Gasteiger partial charge in [-0.05, 0) is 23.8 Å². The van der Waals surface area contributed by atoms with Crippen LogP contribution in [0.1, 0.15) is 21.8 Å². The van der Waals surface area contributed by atoms with Gasteiger partial charge in [-0.15, -0.1) is 0 Å². The normalized spacial score (nSPS) is 10.5. The number of carbonyl (C=O) groups excluding carboxylic acids is 1. The first-order valence-electron chi connectivity index (χ1n) is 7.06. The number of benzene rings is 2. The van der Waals surface area contributed by atoms with E-state index in [2.05, 4.69) is 15.5 Å². The van der Waals surface area contributed by atoms with Crippen LogP contribution >= 0.6 is 11.6 Å². The molecule has 116 valence electrons. The maximum atomic E-state index is 12.2. The first kappa shape index (κ1) is 15.2. The number of nitrogens with one attached hydrogen (secondary N) is 1. The highest BCUT2D eigenvalue weighted by atomic mass is 35.5. The fourth-order valence-corrected chi connectivity index (χ4v) is 2.31. The van der Waals surface area contributed by atoms with E-state index in [4.69, 9.17) is 16.1 Å². The molecule has 0 aliphatic carbocycles. The van der Waals surface area contributed by atoms with Gasteiger partial charge in [0.1, 0.15) is 0 Å². The molecule has 1 N–H and O–H groups in total. The number of aryl methyl sites for hydroxylation is 1. The first-order valence-corrected chi connectivity index (χ1v) is 7.43. The molecule has 23 heavy (non-hydrogen) atoms. The molecule has 1 amide bonds. The zero-order valence-electron chi connectivity index (χ0n) is 12.4. The fourth-order valence-electron chi connectivity index (χ4n) is 2.11. The SMILES string of the molecule is Cc1nc(-c2ccc(C(=O)NCc3ccccc3Cl)cc2)no1. The van der Waals surface area contributed by atoms with Crippen molar-refractivity contribution in [1.29, 1.82) is 0 Å². The van der Waals surface area contributed by atoms with Crippen molar-refractivity contribution in [2.45, 2.75) is 13.5 Å². The van der Waals surface area contributed by atoms with Gasteiger partial charge in [-0.2, -0.15) is 4.98 Å². The van der Waals surface area contributed by atoms with Crippen LogP contribution in [0.3, 0.4) is 0 Å². The van der Waals surface area contributed by atoms with Crippen molar-refractivity contribution in [2.75, 3.05) is 0 Å². The summed E-state index contributed by atoms with van der Waals surface area (Å²) < 4.78 is 4.94. The Morgan fingerprint density at radius 3 is 2.57 bits per heavy atom. The van der Waals surface area contributed by atoms with E-state index in [9.17, 15) is 4.79 Å². The lowest BCUT2D eigenvalue weighted by Crippen LogP contribution is -2.22. The van der Waals surface area contributed by atoms with Gasteiger partial charge in [0, 0.05) is 29.6 Å². The van der Waals surface area contributed by atoms with Crippen LogP contribution in [0.2, 0.25) is 5.02 Å². The van der Waals surface area contributed by atoms with Gasteiger partial charge in [-0.3, -0.25) is 4.79 Å². The van der Waals surface area contributed by atoms with Crippen molar-refractivity contribution >= 4 is 17.5 Å². The average molecular weight is 328 g/mol. The van der Waals surface area contributed by atoms with Gasteiger partial charge < -0.3 is 9.84 Å². The number of amides is 1. The summed E-state index contributed by atoms with van der Waals surface area (Å²) in [7, 11) is 0. The zero-order chi connectivity index (χ0) is 16.2. The number of aromatic nitrogens is 2. The molecule has 0 saturated carbocycles. The standard InChI is InChI=1S/C17H14ClN3O2/c1-11-20-16(21-23-11)12-6-8-13(9-7-12)17(22)19-10-14-4-2-3-5-15(14)18/h2-9H,10H2,1H3,(H,19,22). The Hall–Kier alpha value is -2.66. The van der Waals surface area contributed by atoms with Crippen molar-refractivity contribution in [3.63, 3.8) is 0 Å². The number of carbonyl (C=O) groups is 1. The number of hydrogen-bond donors (Lipinski definition) is 1.